The molecule has 1 aliphatic rings. The van der Waals surface area contributed by atoms with Crippen LogP contribution < -0.4 is 10.5 Å². The molecule has 0 unspecified atom stereocenters. The average Bonchev–Trinajstić information content (AvgIpc) is 2.38. The van der Waals surface area contributed by atoms with Crippen LogP contribution in [0.4, 0.5) is 5.69 Å². The summed E-state index contributed by atoms with van der Waals surface area (Å²) >= 11 is 5.03. The minimum absolute atomic E-state index is 0.178. The van der Waals surface area contributed by atoms with Crippen molar-refractivity contribution in [1.29, 1.82) is 0 Å². The number of aryl methyl sites for hydroxylation is 1. The quantitative estimate of drug-likeness (QED) is 0.816. The Morgan fingerprint density at radius 1 is 1.33 bits per heavy atom. The van der Waals surface area contributed by atoms with E-state index in [0.717, 1.165) is 31.2 Å². The van der Waals surface area contributed by atoms with Gasteiger partial charge in [-0.25, -0.2) is 8.42 Å². The summed E-state index contributed by atoms with van der Waals surface area (Å²) in [4.78, 5) is 0.212. The van der Waals surface area contributed by atoms with Crippen LogP contribution in [-0.4, -0.2) is 19.2 Å². The van der Waals surface area contributed by atoms with Gasteiger partial charge in [-0.15, -0.1) is 0 Å². The molecule has 116 valence electrons. The Balaban J connectivity index is 2.16. The van der Waals surface area contributed by atoms with Crippen LogP contribution in [0.2, 0.25) is 0 Å². The third-order valence-corrected chi connectivity index (χ3v) is 5.61. The van der Waals surface area contributed by atoms with Crippen LogP contribution in [0.15, 0.2) is 18.2 Å². The van der Waals surface area contributed by atoms with Gasteiger partial charge in [-0.1, -0.05) is 43.6 Å². The first kappa shape index (κ1) is 16.2. The Kier molecular flexibility index (Phi) is 5.22. The molecule has 0 saturated heterocycles. The maximum absolute atomic E-state index is 12.4. The number of hydrogen-bond donors (Lipinski definition) is 2. The molecule has 0 heterocycles. The van der Waals surface area contributed by atoms with E-state index in [4.69, 9.17) is 18.0 Å². The molecule has 0 aliphatic heterocycles. The second kappa shape index (κ2) is 6.75. The van der Waals surface area contributed by atoms with Gasteiger partial charge in [-0.05, 0) is 37.3 Å². The summed E-state index contributed by atoms with van der Waals surface area (Å²) in [5.41, 5.74) is 7.69. The Morgan fingerprint density at radius 3 is 2.62 bits per heavy atom. The van der Waals surface area contributed by atoms with Crippen molar-refractivity contribution in [2.24, 2.45) is 11.7 Å². The first-order chi connectivity index (χ1) is 9.89. The van der Waals surface area contributed by atoms with Crippen LogP contribution in [0.3, 0.4) is 0 Å². The lowest BCUT2D eigenvalue weighted by atomic mass is 9.91. The summed E-state index contributed by atoms with van der Waals surface area (Å²) in [6.07, 6.45) is 5.47. The van der Waals surface area contributed by atoms with E-state index in [9.17, 15) is 8.42 Å². The molecule has 1 saturated carbocycles. The number of thiocarbonyl (C=S) groups is 1. The number of rotatable bonds is 5. The van der Waals surface area contributed by atoms with Crippen molar-refractivity contribution in [2.75, 3.05) is 10.5 Å². The van der Waals surface area contributed by atoms with Gasteiger partial charge >= 0.3 is 0 Å². The van der Waals surface area contributed by atoms with Crippen LogP contribution >= 0.6 is 12.2 Å². The molecule has 0 amide bonds. The van der Waals surface area contributed by atoms with E-state index in [-0.39, 0.29) is 16.7 Å². The van der Waals surface area contributed by atoms with Crippen LogP contribution in [0.25, 0.3) is 0 Å². The maximum atomic E-state index is 12.4. The lowest BCUT2D eigenvalue weighted by Crippen LogP contribution is -2.25. The highest BCUT2D eigenvalue weighted by molar-refractivity contribution is 7.92. The molecule has 1 aliphatic carbocycles. The zero-order chi connectivity index (χ0) is 15.5. The monoisotopic (exact) mass is 326 g/mol. The topological polar surface area (TPSA) is 72.2 Å². The molecule has 1 aromatic carbocycles. The lowest BCUT2D eigenvalue weighted by molar-refractivity contribution is 0.385. The minimum atomic E-state index is -3.37. The summed E-state index contributed by atoms with van der Waals surface area (Å²) in [7, 11) is -3.37. The molecule has 1 fully saturated rings. The third-order valence-electron chi connectivity index (χ3n) is 3.96. The molecular weight excluding hydrogens is 304 g/mol. The Labute approximate surface area is 132 Å². The molecular formula is C15H22N2O2S2. The normalized spacial score (nSPS) is 16.6. The van der Waals surface area contributed by atoms with Gasteiger partial charge in [0.05, 0.1) is 11.4 Å². The molecule has 0 radical (unpaired) electrons. The van der Waals surface area contributed by atoms with E-state index in [1.54, 1.807) is 12.1 Å². The van der Waals surface area contributed by atoms with E-state index >= 15 is 0 Å². The van der Waals surface area contributed by atoms with E-state index in [2.05, 4.69) is 4.72 Å². The summed E-state index contributed by atoms with van der Waals surface area (Å²) < 4.78 is 27.4. The Morgan fingerprint density at radius 2 is 2.00 bits per heavy atom. The second-order valence-corrected chi connectivity index (χ2v) is 7.96. The maximum Gasteiger partial charge on any atom is 0.233 e. The molecule has 0 aromatic heterocycles. The van der Waals surface area contributed by atoms with Gasteiger partial charge < -0.3 is 5.73 Å². The van der Waals surface area contributed by atoms with Gasteiger partial charge in [0.25, 0.3) is 0 Å². The smallest absolute Gasteiger partial charge is 0.233 e. The number of benzene rings is 1. The highest BCUT2D eigenvalue weighted by Crippen LogP contribution is 2.26. The van der Waals surface area contributed by atoms with E-state index in [1.807, 2.05) is 13.0 Å². The third kappa shape index (κ3) is 4.41. The van der Waals surface area contributed by atoms with Gasteiger partial charge in [-0.3, -0.25) is 4.72 Å². The van der Waals surface area contributed by atoms with Crippen LogP contribution in [0, 0.1) is 12.8 Å². The Hall–Kier alpha value is -1.14. The summed E-state index contributed by atoms with van der Waals surface area (Å²) in [5.74, 6) is 0.437. The van der Waals surface area contributed by atoms with Gasteiger partial charge in [0.1, 0.15) is 4.99 Å². The summed E-state index contributed by atoms with van der Waals surface area (Å²) in [6, 6.07) is 5.38. The first-order valence-corrected chi connectivity index (χ1v) is 9.35. The first-order valence-electron chi connectivity index (χ1n) is 7.29. The molecule has 2 rings (SSSR count). The molecule has 0 spiro atoms. The van der Waals surface area contributed by atoms with Crippen molar-refractivity contribution >= 4 is 32.9 Å². The van der Waals surface area contributed by atoms with Gasteiger partial charge in [-0.2, -0.15) is 0 Å². The second-order valence-electron chi connectivity index (χ2n) is 5.75. The van der Waals surface area contributed by atoms with Crippen molar-refractivity contribution in [3.63, 3.8) is 0 Å². The zero-order valence-corrected chi connectivity index (χ0v) is 13.9. The standard InChI is InChI=1S/C15H22N2O2S2/c1-11-6-5-9-13(14(11)15(16)20)17-21(18,19)10-12-7-3-2-4-8-12/h5-6,9,12,17H,2-4,7-8,10H2,1H3,(H2,16,20). The molecule has 0 atom stereocenters. The molecule has 3 N–H and O–H groups in total. The fraction of sp³-hybridized carbons (Fsp3) is 0.533. The summed E-state index contributed by atoms with van der Waals surface area (Å²) in [6.45, 7) is 1.87. The largest absolute Gasteiger partial charge is 0.389 e. The fourth-order valence-corrected chi connectivity index (χ4v) is 4.77. The summed E-state index contributed by atoms with van der Waals surface area (Å²) in [5, 5.41) is 0. The number of nitrogens with one attached hydrogen (secondary N) is 1. The number of anilines is 1. The van der Waals surface area contributed by atoms with Crippen LogP contribution in [-0.2, 0) is 10.0 Å². The average molecular weight is 326 g/mol. The van der Waals surface area contributed by atoms with Crippen LogP contribution in [0.5, 0.6) is 0 Å². The molecule has 6 heteroatoms. The van der Waals surface area contributed by atoms with Crippen molar-refractivity contribution in [3.05, 3.63) is 29.3 Å². The van der Waals surface area contributed by atoms with Crippen molar-refractivity contribution in [1.82, 2.24) is 0 Å². The van der Waals surface area contributed by atoms with Crippen molar-refractivity contribution in [3.8, 4) is 0 Å². The van der Waals surface area contributed by atoms with E-state index in [1.165, 1.54) is 6.42 Å². The molecule has 0 bridgehead atoms. The lowest BCUT2D eigenvalue weighted by Gasteiger charge is -2.22. The van der Waals surface area contributed by atoms with Crippen molar-refractivity contribution < 1.29 is 8.42 Å². The fourth-order valence-electron chi connectivity index (χ4n) is 2.95. The van der Waals surface area contributed by atoms with E-state index < -0.39 is 10.0 Å². The van der Waals surface area contributed by atoms with Crippen LogP contribution in [0.1, 0.15) is 43.2 Å². The van der Waals surface area contributed by atoms with Crippen molar-refractivity contribution in [2.45, 2.75) is 39.0 Å². The minimum Gasteiger partial charge on any atom is -0.389 e. The predicted molar refractivity (Wildman–Crippen MR) is 91.1 cm³/mol. The number of sulfonamides is 1. The SMILES string of the molecule is Cc1cccc(NS(=O)(=O)CC2CCCCC2)c1C(N)=S. The molecule has 21 heavy (non-hydrogen) atoms. The van der Waals surface area contributed by atoms with E-state index in [0.29, 0.717) is 11.3 Å². The predicted octanol–water partition coefficient (Wildman–Crippen LogP) is 2.95. The molecule has 4 nitrogen and oxygen atoms in total. The molecule has 1 aromatic rings. The Bertz CT molecular complexity index is 621. The van der Waals surface area contributed by atoms with Gasteiger partial charge in [0, 0.05) is 5.56 Å². The highest BCUT2D eigenvalue weighted by atomic mass is 32.2. The van der Waals surface area contributed by atoms with Gasteiger partial charge in [0.2, 0.25) is 10.0 Å². The highest BCUT2D eigenvalue weighted by Gasteiger charge is 2.22. The number of hydrogen-bond acceptors (Lipinski definition) is 3. The van der Waals surface area contributed by atoms with Gasteiger partial charge in [0.15, 0.2) is 0 Å². The zero-order valence-electron chi connectivity index (χ0n) is 12.3. The number of nitrogens with two attached hydrogens (primary N) is 1.